The smallest absolute Gasteiger partial charge is 0.334 e. The van der Waals surface area contributed by atoms with E-state index in [0.29, 0.717) is 25.2 Å². The molecule has 0 aliphatic carbocycles. The Bertz CT molecular complexity index is 576. The first-order chi connectivity index (χ1) is 10.8. The van der Waals surface area contributed by atoms with Crippen molar-refractivity contribution >= 4 is 17.7 Å². The normalized spacial score (nSPS) is 17.9. The van der Waals surface area contributed by atoms with Crippen molar-refractivity contribution in [3.05, 3.63) is 29.3 Å². The predicted octanol–water partition coefficient (Wildman–Crippen LogP) is 2.25. The lowest BCUT2D eigenvalue weighted by atomic mass is 10.1. The first kappa shape index (κ1) is 14.9. The molecule has 0 unspecified atom stereocenters. The van der Waals surface area contributed by atoms with Crippen LogP contribution in [0, 0.1) is 0 Å². The number of ether oxygens (including phenoxy) is 3. The molecule has 1 aromatic rings. The second-order valence-corrected chi connectivity index (χ2v) is 5.31. The number of carbonyl (C=O) groups is 1. The van der Waals surface area contributed by atoms with Crippen LogP contribution in [0.15, 0.2) is 23.8 Å². The first-order valence-electron chi connectivity index (χ1n) is 7.75. The second-order valence-electron chi connectivity index (χ2n) is 5.31. The van der Waals surface area contributed by atoms with Gasteiger partial charge in [0.05, 0.1) is 26.4 Å². The number of benzene rings is 1. The van der Waals surface area contributed by atoms with Gasteiger partial charge in [0.2, 0.25) is 0 Å². The number of hydrogen-bond donors (Lipinski definition) is 0. The minimum Gasteiger partial charge on any atom is -0.493 e. The van der Waals surface area contributed by atoms with E-state index in [1.807, 2.05) is 19.1 Å². The summed E-state index contributed by atoms with van der Waals surface area (Å²) in [6.45, 7) is 5.96. The lowest BCUT2D eigenvalue weighted by Crippen LogP contribution is -2.36. The summed E-state index contributed by atoms with van der Waals surface area (Å²) < 4.78 is 16.2. The van der Waals surface area contributed by atoms with Gasteiger partial charge in [0.25, 0.3) is 0 Å². The number of nitrogens with zero attached hydrogens (tertiary/aromatic N) is 1. The van der Waals surface area contributed by atoms with Gasteiger partial charge in [-0.3, -0.25) is 0 Å². The third-order valence-electron chi connectivity index (χ3n) is 3.87. The van der Waals surface area contributed by atoms with Crippen LogP contribution < -0.4 is 9.64 Å². The number of anilines is 1. The molecule has 0 aromatic heterocycles. The van der Waals surface area contributed by atoms with Crippen LogP contribution in [0.25, 0.3) is 6.08 Å². The van der Waals surface area contributed by atoms with E-state index < -0.39 is 0 Å². The predicted molar refractivity (Wildman–Crippen MR) is 84.2 cm³/mol. The molecule has 2 aliphatic rings. The minimum absolute atomic E-state index is 0.254. The Balaban J connectivity index is 1.88. The van der Waals surface area contributed by atoms with E-state index >= 15 is 0 Å². The van der Waals surface area contributed by atoms with Crippen LogP contribution in [-0.4, -0.2) is 45.5 Å². The van der Waals surface area contributed by atoms with Crippen molar-refractivity contribution in [3.63, 3.8) is 0 Å². The molecule has 0 N–H and O–H groups in total. The number of morpholine rings is 1. The van der Waals surface area contributed by atoms with Crippen LogP contribution in [0.5, 0.6) is 5.75 Å². The number of carbonyl (C=O) groups excluding carboxylic acids is 1. The van der Waals surface area contributed by atoms with E-state index in [-0.39, 0.29) is 5.97 Å². The Kier molecular flexibility index (Phi) is 4.63. The van der Waals surface area contributed by atoms with Gasteiger partial charge in [-0.2, -0.15) is 0 Å². The first-order valence-corrected chi connectivity index (χ1v) is 7.75. The third kappa shape index (κ3) is 3.25. The van der Waals surface area contributed by atoms with Gasteiger partial charge >= 0.3 is 5.97 Å². The van der Waals surface area contributed by atoms with E-state index in [0.717, 1.165) is 43.3 Å². The fraction of sp³-hybridized carbons (Fsp3) is 0.471. The molecule has 5 heteroatoms. The molecule has 5 nitrogen and oxygen atoms in total. The van der Waals surface area contributed by atoms with Crippen molar-refractivity contribution in [2.75, 3.05) is 44.4 Å². The van der Waals surface area contributed by atoms with Gasteiger partial charge in [-0.05, 0) is 31.2 Å². The maximum Gasteiger partial charge on any atom is 0.334 e. The summed E-state index contributed by atoms with van der Waals surface area (Å²) in [5.74, 6) is 0.562. The van der Waals surface area contributed by atoms with Crippen LogP contribution >= 0.6 is 0 Å². The van der Waals surface area contributed by atoms with Crippen molar-refractivity contribution in [1.82, 2.24) is 0 Å². The monoisotopic (exact) mass is 303 g/mol. The summed E-state index contributed by atoms with van der Waals surface area (Å²) in [5, 5.41) is 0. The highest BCUT2D eigenvalue weighted by Crippen LogP contribution is 2.30. The lowest BCUT2D eigenvalue weighted by molar-refractivity contribution is -0.138. The largest absolute Gasteiger partial charge is 0.493 e. The molecule has 2 heterocycles. The molecule has 22 heavy (non-hydrogen) atoms. The summed E-state index contributed by atoms with van der Waals surface area (Å²) in [7, 11) is 0. The van der Waals surface area contributed by atoms with Crippen molar-refractivity contribution in [2.24, 2.45) is 0 Å². The molecule has 1 aromatic carbocycles. The topological polar surface area (TPSA) is 48.0 Å². The molecule has 0 spiro atoms. The van der Waals surface area contributed by atoms with Crippen LogP contribution in [0.3, 0.4) is 0 Å². The van der Waals surface area contributed by atoms with E-state index in [2.05, 4.69) is 17.0 Å². The molecule has 0 radical (unpaired) electrons. The molecule has 1 fully saturated rings. The highest BCUT2D eigenvalue weighted by molar-refractivity contribution is 5.94. The van der Waals surface area contributed by atoms with Gasteiger partial charge in [-0.15, -0.1) is 0 Å². The fourth-order valence-corrected chi connectivity index (χ4v) is 2.71. The van der Waals surface area contributed by atoms with Crippen molar-refractivity contribution in [2.45, 2.75) is 13.3 Å². The minimum atomic E-state index is -0.254. The number of hydrogen-bond acceptors (Lipinski definition) is 5. The average molecular weight is 303 g/mol. The van der Waals surface area contributed by atoms with E-state index in [1.165, 1.54) is 0 Å². The average Bonchev–Trinajstić information content (AvgIpc) is 2.77. The molecule has 0 atom stereocenters. The second kappa shape index (κ2) is 6.83. The van der Waals surface area contributed by atoms with Crippen LogP contribution in [0.2, 0.25) is 0 Å². The summed E-state index contributed by atoms with van der Waals surface area (Å²) in [6, 6.07) is 6.11. The Hall–Kier alpha value is -2.01. The van der Waals surface area contributed by atoms with Gasteiger partial charge < -0.3 is 19.1 Å². The highest BCUT2D eigenvalue weighted by atomic mass is 16.5. The van der Waals surface area contributed by atoms with Crippen molar-refractivity contribution in [1.29, 1.82) is 0 Å². The summed E-state index contributed by atoms with van der Waals surface area (Å²) in [5.41, 5.74) is 2.73. The zero-order valence-electron chi connectivity index (χ0n) is 12.8. The van der Waals surface area contributed by atoms with Crippen LogP contribution in [-0.2, 0) is 14.3 Å². The molecular weight excluding hydrogens is 282 g/mol. The van der Waals surface area contributed by atoms with E-state index in [4.69, 9.17) is 14.2 Å². The standard InChI is InChI=1S/C17H21NO4/c1-2-21-17(19)13-5-8-22-16-4-3-15(12-14(16)11-13)18-6-9-20-10-7-18/h3-4,11-12H,2,5-10H2,1H3. The van der Waals surface area contributed by atoms with Crippen LogP contribution in [0.4, 0.5) is 5.69 Å². The van der Waals surface area contributed by atoms with Crippen LogP contribution in [0.1, 0.15) is 18.9 Å². The van der Waals surface area contributed by atoms with Gasteiger partial charge in [0.1, 0.15) is 5.75 Å². The maximum atomic E-state index is 12.0. The zero-order chi connectivity index (χ0) is 15.4. The van der Waals surface area contributed by atoms with Gasteiger partial charge in [0, 0.05) is 36.3 Å². The number of fused-ring (bicyclic) bond motifs is 1. The molecular formula is C17H21NO4. The van der Waals surface area contributed by atoms with E-state index in [1.54, 1.807) is 0 Å². The summed E-state index contributed by atoms with van der Waals surface area (Å²) in [4.78, 5) is 14.3. The molecule has 0 bridgehead atoms. The van der Waals surface area contributed by atoms with E-state index in [9.17, 15) is 4.79 Å². The number of rotatable bonds is 3. The quantitative estimate of drug-likeness (QED) is 0.802. The Morgan fingerprint density at radius 1 is 1.27 bits per heavy atom. The summed E-state index contributed by atoms with van der Waals surface area (Å²) >= 11 is 0. The summed E-state index contributed by atoms with van der Waals surface area (Å²) in [6.07, 6.45) is 2.46. The Morgan fingerprint density at radius 2 is 2.09 bits per heavy atom. The highest BCUT2D eigenvalue weighted by Gasteiger charge is 2.18. The maximum absolute atomic E-state index is 12.0. The molecule has 118 valence electrons. The Morgan fingerprint density at radius 3 is 2.86 bits per heavy atom. The third-order valence-corrected chi connectivity index (χ3v) is 3.87. The molecule has 1 saturated heterocycles. The van der Waals surface area contributed by atoms with Gasteiger partial charge in [0.15, 0.2) is 0 Å². The molecule has 2 aliphatic heterocycles. The van der Waals surface area contributed by atoms with Crippen molar-refractivity contribution in [3.8, 4) is 5.75 Å². The molecule has 0 amide bonds. The molecule has 0 saturated carbocycles. The SMILES string of the molecule is CCOC(=O)C1=Cc2cc(N3CCOCC3)ccc2OCC1. The lowest BCUT2D eigenvalue weighted by Gasteiger charge is -2.29. The fourth-order valence-electron chi connectivity index (χ4n) is 2.71. The zero-order valence-corrected chi connectivity index (χ0v) is 12.8. The van der Waals surface area contributed by atoms with Crippen molar-refractivity contribution < 1.29 is 19.0 Å². The number of esters is 1. The Labute approximate surface area is 130 Å². The van der Waals surface area contributed by atoms with Gasteiger partial charge in [-0.25, -0.2) is 4.79 Å². The molecule has 3 rings (SSSR count). The van der Waals surface area contributed by atoms with Gasteiger partial charge in [-0.1, -0.05) is 0 Å².